The monoisotopic (exact) mass is 246 g/mol. The fourth-order valence-electron chi connectivity index (χ4n) is 3.89. The number of β-amino-alcohol motifs (C(OH)–C–C–N with tert-alkyl or cyclic N) is 1. The van der Waals surface area contributed by atoms with Gasteiger partial charge in [0.15, 0.2) is 0 Å². The lowest BCUT2D eigenvalue weighted by atomic mass is 9.60. The summed E-state index contributed by atoms with van der Waals surface area (Å²) in [5.74, 6) is 0. The number of fused-ring (bicyclic) bond motifs is 1. The Balaban J connectivity index is 2.12. The minimum atomic E-state index is -0.682. The Labute approximate surface area is 108 Å². The van der Waals surface area contributed by atoms with Gasteiger partial charge in [-0.05, 0) is 43.4 Å². The van der Waals surface area contributed by atoms with Gasteiger partial charge in [-0.15, -0.1) is 0 Å². The Morgan fingerprint density at radius 2 is 2.11 bits per heavy atom. The molecule has 2 atom stereocenters. The number of rotatable bonds is 2. The number of benzene rings is 1. The molecule has 4 N–H and O–H groups in total. The Morgan fingerprint density at radius 1 is 1.28 bits per heavy atom. The lowest BCUT2D eigenvalue weighted by Crippen LogP contribution is -2.58. The zero-order valence-corrected chi connectivity index (χ0v) is 10.8. The molecule has 0 amide bonds. The summed E-state index contributed by atoms with van der Waals surface area (Å²) in [6.45, 7) is 2.08. The van der Waals surface area contributed by atoms with Crippen molar-refractivity contribution in [3.05, 3.63) is 35.4 Å². The minimum absolute atomic E-state index is 0.259. The molecule has 0 radical (unpaired) electrons. The molecule has 1 aromatic rings. The molecule has 1 aliphatic carbocycles. The molecule has 1 saturated heterocycles. The molecule has 2 aliphatic rings. The lowest BCUT2D eigenvalue weighted by molar-refractivity contribution is -0.0275. The van der Waals surface area contributed by atoms with Crippen LogP contribution in [0.2, 0.25) is 0 Å². The third-order valence-electron chi connectivity index (χ3n) is 4.95. The van der Waals surface area contributed by atoms with Crippen LogP contribution in [0.4, 0.5) is 0 Å². The number of hydrogen-bond donors (Lipinski definition) is 3. The van der Waals surface area contributed by atoms with Crippen LogP contribution < -0.4 is 11.1 Å². The quantitative estimate of drug-likeness (QED) is 0.728. The molecule has 1 aliphatic heterocycles. The predicted molar refractivity (Wildman–Crippen MR) is 72.5 cm³/mol. The van der Waals surface area contributed by atoms with E-state index >= 15 is 0 Å². The third kappa shape index (κ3) is 1.54. The number of aryl methyl sites for hydroxylation is 1. The van der Waals surface area contributed by atoms with E-state index in [-0.39, 0.29) is 5.41 Å². The highest BCUT2D eigenvalue weighted by Crippen LogP contribution is 2.46. The zero-order chi connectivity index (χ0) is 12.6. The minimum Gasteiger partial charge on any atom is -0.388 e. The first-order chi connectivity index (χ1) is 8.72. The van der Waals surface area contributed by atoms with E-state index in [2.05, 4.69) is 29.6 Å². The predicted octanol–water partition coefficient (Wildman–Crippen LogP) is 0.944. The molecule has 2 unspecified atom stereocenters. The maximum Gasteiger partial charge on any atom is 0.0891 e. The molecule has 1 aromatic carbocycles. The van der Waals surface area contributed by atoms with Crippen molar-refractivity contribution in [3.63, 3.8) is 0 Å². The van der Waals surface area contributed by atoms with Gasteiger partial charge < -0.3 is 16.2 Å². The molecule has 0 bridgehead atoms. The molecule has 98 valence electrons. The Kier molecular flexibility index (Phi) is 2.93. The van der Waals surface area contributed by atoms with Crippen molar-refractivity contribution in [2.75, 3.05) is 19.6 Å². The number of hydrogen-bond acceptors (Lipinski definition) is 3. The molecule has 3 nitrogen and oxygen atoms in total. The molecule has 0 aromatic heterocycles. The van der Waals surface area contributed by atoms with Crippen LogP contribution in [0.5, 0.6) is 0 Å². The van der Waals surface area contributed by atoms with Crippen molar-refractivity contribution < 1.29 is 5.11 Å². The van der Waals surface area contributed by atoms with Gasteiger partial charge in [0.25, 0.3) is 0 Å². The van der Waals surface area contributed by atoms with Gasteiger partial charge in [0.05, 0.1) is 5.60 Å². The summed E-state index contributed by atoms with van der Waals surface area (Å²) in [4.78, 5) is 0. The van der Waals surface area contributed by atoms with Gasteiger partial charge in [-0.2, -0.15) is 0 Å². The maximum atomic E-state index is 11.1. The normalized spacial score (nSPS) is 35.4. The maximum absolute atomic E-state index is 11.1. The second-order valence-electron chi connectivity index (χ2n) is 5.76. The van der Waals surface area contributed by atoms with E-state index in [0.717, 1.165) is 32.2 Å². The molecule has 3 heteroatoms. The highest BCUT2D eigenvalue weighted by atomic mass is 16.3. The van der Waals surface area contributed by atoms with E-state index in [4.69, 9.17) is 5.73 Å². The van der Waals surface area contributed by atoms with E-state index in [1.807, 2.05) is 0 Å². The van der Waals surface area contributed by atoms with Crippen LogP contribution in [0.3, 0.4) is 0 Å². The van der Waals surface area contributed by atoms with Crippen LogP contribution in [-0.2, 0) is 11.8 Å². The Hall–Kier alpha value is -0.900. The number of nitrogens with two attached hydrogens (primary N) is 1. The fraction of sp³-hybridized carbons (Fsp3) is 0.600. The van der Waals surface area contributed by atoms with Crippen molar-refractivity contribution in [2.45, 2.75) is 36.7 Å². The zero-order valence-electron chi connectivity index (χ0n) is 10.8. The summed E-state index contributed by atoms with van der Waals surface area (Å²) < 4.78 is 0. The molecular weight excluding hydrogens is 224 g/mol. The van der Waals surface area contributed by atoms with Crippen molar-refractivity contribution in [2.24, 2.45) is 5.73 Å². The highest BCUT2D eigenvalue weighted by Gasteiger charge is 2.53. The Bertz CT molecular complexity index is 440. The number of aliphatic hydroxyl groups is 1. The first-order valence-electron chi connectivity index (χ1n) is 6.93. The standard InChI is InChI=1S/C15H22N2O/c16-10-14(15(18)8-9-17-11-15)7-3-5-12-4-1-2-6-13(12)14/h1-2,4,6,17-18H,3,5,7-11,16H2. The molecule has 3 rings (SSSR count). The van der Waals surface area contributed by atoms with Gasteiger partial charge in [0, 0.05) is 18.5 Å². The summed E-state index contributed by atoms with van der Waals surface area (Å²) in [5.41, 5.74) is 7.84. The van der Waals surface area contributed by atoms with Gasteiger partial charge >= 0.3 is 0 Å². The van der Waals surface area contributed by atoms with Crippen LogP contribution in [0, 0.1) is 0 Å². The topological polar surface area (TPSA) is 58.3 Å². The van der Waals surface area contributed by atoms with E-state index in [9.17, 15) is 5.11 Å². The van der Waals surface area contributed by atoms with Crippen molar-refractivity contribution in [1.82, 2.24) is 5.32 Å². The van der Waals surface area contributed by atoms with Crippen molar-refractivity contribution in [1.29, 1.82) is 0 Å². The summed E-state index contributed by atoms with van der Waals surface area (Å²) in [7, 11) is 0. The van der Waals surface area contributed by atoms with Crippen LogP contribution in [0.25, 0.3) is 0 Å². The van der Waals surface area contributed by atoms with E-state index < -0.39 is 5.60 Å². The fourth-order valence-corrected chi connectivity index (χ4v) is 3.89. The summed E-state index contributed by atoms with van der Waals surface area (Å²) in [6.07, 6.45) is 4.04. The summed E-state index contributed by atoms with van der Waals surface area (Å²) >= 11 is 0. The second-order valence-corrected chi connectivity index (χ2v) is 5.76. The van der Waals surface area contributed by atoms with Gasteiger partial charge in [-0.25, -0.2) is 0 Å². The van der Waals surface area contributed by atoms with E-state index in [0.29, 0.717) is 13.1 Å². The summed E-state index contributed by atoms with van der Waals surface area (Å²) in [6, 6.07) is 8.50. The van der Waals surface area contributed by atoms with Gasteiger partial charge in [-0.1, -0.05) is 24.3 Å². The Morgan fingerprint density at radius 3 is 2.83 bits per heavy atom. The molecule has 0 saturated carbocycles. The van der Waals surface area contributed by atoms with Crippen LogP contribution in [0.15, 0.2) is 24.3 Å². The smallest absolute Gasteiger partial charge is 0.0891 e. The number of nitrogens with one attached hydrogen (secondary N) is 1. The first-order valence-corrected chi connectivity index (χ1v) is 6.93. The second kappa shape index (κ2) is 4.34. The molecule has 18 heavy (non-hydrogen) atoms. The average Bonchev–Trinajstić information content (AvgIpc) is 2.86. The van der Waals surface area contributed by atoms with Gasteiger partial charge in [0.1, 0.15) is 0 Å². The molecule has 1 fully saturated rings. The van der Waals surface area contributed by atoms with E-state index in [1.54, 1.807) is 0 Å². The van der Waals surface area contributed by atoms with Gasteiger partial charge in [0.2, 0.25) is 0 Å². The van der Waals surface area contributed by atoms with Crippen LogP contribution in [0.1, 0.15) is 30.4 Å². The van der Waals surface area contributed by atoms with Crippen molar-refractivity contribution in [3.8, 4) is 0 Å². The average molecular weight is 246 g/mol. The van der Waals surface area contributed by atoms with E-state index in [1.165, 1.54) is 11.1 Å². The lowest BCUT2D eigenvalue weighted by Gasteiger charge is -2.48. The highest BCUT2D eigenvalue weighted by molar-refractivity contribution is 5.41. The SMILES string of the molecule is NCC1(C2(O)CCNC2)CCCc2ccccc21. The third-order valence-corrected chi connectivity index (χ3v) is 4.95. The molecule has 1 heterocycles. The first kappa shape index (κ1) is 12.2. The molecule has 0 spiro atoms. The molecular formula is C15H22N2O. The van der Waals surface area contributed by atoms with Crippen molar-refractivity contribution >= 4 is 0 Å². The van der Waals surface area contributed by atoms with Crippen LogP contribution >= 0.6 is 0 Å². The summed E-state index contributed by atoms with van der Waals surface area (Å²) in [5, 5.41) is 14.4. The van der Waals surface area contributed by atoms with Crippen LogP contribution in [-0.4, -0.2) is 30.3 Å². The largest absolute Gasteiger partial charge is 0.388 e. The van der Waals surface area contributed by atoms with Gasteiger partial charge in [-0.3, -0.25) is 0 Å².